The third-order valence-corrected chi connectivity index (χ3v) is 6.53. The number of aldehydes is 1. The number of nitrogens with one attached hydrogen (secondary N) is 2. The minimum atomic E-state index is -2.96. The lowest BCUT2D eigenvalue weighted by Crippen LogP contribution is -2.59. The van der Waals surface area contributed by atoms with Gasteiger partial charge in [0, 0.05) is 13.0 Å². The Bertz CT molecular complexity index is 744. The van der Waals surface area contributed by atoms with Gasteiger partial charge in [-0.2, -0.15) is 0 Å². The first-order valence-electron chi connectivity index (χ1n) is 10.4. The number of carboxylic acid groups (broad SMARTS) is 1. The van der Waals surface area contributed by atoms with E-state index in [0.29, 0.717) is 12.8 Å². The molecule has 0 bridgehead atoms. The molecule has 2 rings (SSSR count). The van der Waals surface area contributed by atoms with E-state index in [0.717, 1.165) is 6.92 Å². The zero-order valence-corrected chi connectivity index (χ0v) is 18.9. The van der Waals surface area contributed by atoms with Crippen LogP contribution in [0.1, 0.15) is 54.4 Å². The summed E-state index contributed by atoms with van der Waals surface area (Å²) in [6.07, 6.45) is -1.71. The van der Waals surface area contributed by atoms with Crippen molar-refractivity contribution in [1.29, 1.82) is 0 Å². The van der Waals surface area contributed by atoms with Gasteiger partial charge in [0.15, 0.2) is 0 Å². The molecular weight excluding hydrogens is 412 g/mol. The molecule has 31 heavy (non-hydrogen) atoms. The molecule has 0 aromatic rings. The summed E-state index contributed by atoms with van der Waals surface area (Å²) < 4.78 is 26.3. The number of amides is 3. The Morgan fingerprint density at radius 1 is 1.19 bits per heavy atom. The van der Waals surface area contributed by atoms with Gasteiger partial charge in [-0.3, -0.25) is 9.59 Å². The Balaban J connectivity index is 2.23. The molecule has 1 heterocycles. The van der Waals surface area contributed by atoms with Crippen molar-refractivity contribution in [3.8, 4) is 0 Å². The number of nitrogens with zero attached hydrogens (tertiary/aromatic N) is 1. The van der Waals surface area contributed by atoms with E-state index < -0.39 is 53.8 Å². The third kappa shape index (κ3) is 5.51. The molecule has 1 aliphatic carbocycles. The fourth-order valence-corrected chi connectivity index (χ4v) is 4.60. The van der Waals surface area contributed by atoms with Gasteiger partial charge in [0.2, 0.25) is 17.7 Å². The Hall–Kier alpha value is -2.26. The van der Waals surface area contributed by atoms with Crippen molar-refractivity contribution in [3.05, 3.63) is 0 Å². The second kappa shape index (κ2) is 8.35. The fraction of sp³-hybridized carbons (Fsp3) is 0.810. The highest BCUT2D eigenvalue weighted by molar-refractivity contribution is 5.94. The van der Waals surface area contributed by atoms with Crippen molar-refractivity contribution in [2.75, 3.05) is 6.54 Å². The second-order valence-electron chi connectivity index (χ2n) is 10.5. The van der Waals surface area contributed by atoms with Crippen molar-refractivity contribution in [3.63, 3.8) is 0 Å². The van der Waals surface area contributed by atoms with Gasteiger partial charge >= 0.3 is 6.09 Å². The van der Waals surface area contributed by atoms with Gasteiger partial charge in [-0.1, -0.05) is 34.6 Å². The smallest absolute Gasteiger partial charge is 0.405 e. The molecule has 8 nitrogen and oxygen atoms in total. The van der Waals surface area contributed by atoms with Gasteiger partial charge in [-0.15, -0.1) is 0 Å². The fourth-order valence-electron chi connectivity index (χ4n) is 4.60. The molecule has 1 saturated heterocycles. The first-order chi connectivity index (χ1) is 14.0. The van der Waals surface area contributed by atoms with Gasteiger partial charge in [-0.25, -0.2) is 13.6 Å². The first-order valence-corrected chi connectivity index (χ1v) is 10.4. The highest BCUT2D eigenvalue weighted by atomic mass is 19.3. The van der Waals surface area contributed by atoms with E-state index >= 15 is 0 Å². The molecule has 0 aromatic carbocycles. The largest absolute Gasteiger partial charge is 0.465 e. The van der Waals surface area contributed by atoms with Crippen molar-refractivity contribution in [2.45, 2.75) is 78.4 Å². The van der Waals surface area contributed by atoms with Gasteiger partial charge in [0.1, 0.15) is 18.4 Å². The molecule has 3 amide bonds. The Kier molecular flexibility index (Phi) is 6.73. The standard InChI is InChI=1S/C21H33F2N3O5/c1-19(2,3)15(25-18(30)31)17(29)26-9-12-13(20(12,4)5)14(26)16(28)24-11(10-27)7-8-21(6,22)23/h10-15,25H,7-9H2,1-6H3,(H,24,28)(H,30,31)/t11-,12-,13-,14-,15+/m0/s1. The number of piperidine rings is 1. The van der Waals surface area contributed by atoms with Crippen LogP contribution in [0.15, 0.2) is 0 Å². The van der Waals surface area contributed by atoms with Gasteiger partial charge in [-0.05, 0) is 36.0 Å². The third-order valence-electron chi connectivity index (χ3n) is 6.53. The maximum absolute atomic E-state index is 13.3. The zero-order chi connectivity index (χ0) is 23.9. The predicted molar refractivity (Wildman–Crippen MR) is 109 cm³/mol. The number of likely N-dealkylation sites (tertiary alicyclic amines) is 1. The topological polar surface area (TPSA) is 116 Å². The highest BCUT2D eigenvalue weighted by Gasteiger charge is 2.69. The number of alkyl halides is 2. The summed E-state index contributed by atoms with van der Waals surface area (Å²) in [5.74, 6) is -4.14. The van der Waals surface area contributed by atoms with Crippen LogP contribution in [0.3, 0.4) is 0 Å². The summed E-state index contributed by atoms with van der Waals surface area (Å²) in [6.45, 7) is 10.2. The Morgan fingerprint density at radius 3 is 2.23 bits per heavy atom. The van der Waals surface area contributed by atoms with Crippen molar-refractivity contribution in [2.24, 2.45) is 22.7 Å². The molecule has 10 heteroatoms. The maximum atomic E-state index is 13.3. The number of hydrogen-bond donors (Lipinski definition) is 3. The number of fused-ring (bicyclic) bond motifs is 1. The number of hydrogen-bond acceptors (Lipinski definition) is 4. The van der Waals surface area contributed by atoms with Crippen LogP contribution in [0.2, 0.25) is 0 Å². The maximum Gasteiger partial charge on any atom is 0.405 e. The number of halogens is 2. The van der Waals surface area contributed by atoms with E-state index in [1.165, 1.54) is 4.90 Å². The SMILES string of the molecule is CC(F)(F)CC[C@@H](C=O)NC(=O)[C@@H]1[C@@H]2[C@H](CN1C(=O)[C@@H](NC(=O)O)C(C)(C)C)C2(C)C. The molecular formula is C21H33F2N3O5. The Morgan fingerprint density at radius 2 is 1.77 bits per heavy atom. The van der Waals surface area contributed by atoms with E-state index in [1.807, 2.05) is 13.8 Å². The van der Waals surface area contributed by atoms with Gasteiger partial charge in [0.05, 0.1) is 6.04 Å². The lowest BCUT2D eigenvalue weighted by molar-refractivity contribution is -0.144. The van der Waals surface area contributed by atoms with Gasteiger partial charge < -0.3 is 25.4 Å². The molecule has 176 valence electrons. The number of carbonyl (C=O) groups excluding carboxylic acids is 3. The molecule has 1 aliphatic heterocycles. The molecule has 2 aliphatic rings. The van der Waals surface area contributed by atoms with E-state index in [4.69, 9.17) is 0 Å². The normalized spacial score (nSPS) is 26.5. The number of carbonyl (C=O) groups is 4. The molecule has 3 N–H and O–H groups in total. The molecule has 0 spiro atoms. The highest BCUT2D eigenvalue weighted by Crippen LogP contribution is 2.65. The van der Waals surface area contributed by atoms with Crippen LogP contribution in [0.25, 0.3) is 0 Å². The Labute approximate surface area is 181 Å². The predicted octanol–water partition coefficient (Wildman–Crippen LogP) is 2.27. The minimum absolute atomic E-state index is 0.0623. The molecule has 5 atom stereocenters. The molecule has 0 unspecified atom stereocenters. The molecule has 0 radical (unpaired) electrons. The lowest BCUT2D eigenvalue weighted by Gasteiger charge is -2.37. The zero-order valence-electron chi connectivity index (χ0n) is 18.9. The van der Waals surface area contributed by atoms with Crippen LogP contribution < -0.4 is 10.6 Å². The summed E-state index contributed by atoms with van der Waals surface area (Å²) in [5, 5.41) is 13.9. The second-order valence-corrected chi connectivity index (χ2v) is 10.5. The van der Waals surface area contributed by atoms with E-state index in [-0.39, 0.29) is 23.7 Å². The minimum Gasteiger partial charge on any atom is -0.465 e. The summed E-state index contributed by atoms with van der Waals surface area (Å²) in [7, 11) is 0. The average molecular weight is 446 g/mol. The van der Waals surface area contributed by atoms with Crippen molar-refractivity contribution >= 4 is 24.2 Å². The summed E-state index contributed by atoms with van der Waals surface area (Å²) in [6, 6.07) is -3.05. The quantitative estimate of drug-likeness (QED) is 0.496. The monoisotopic (exact) mass is 445 g/mol. The first kappa shape index (κ1) is 25.0. The molecule has 1 saturated carbocycles. The van der Waals surface area contributed by atoms with Crippen molar-refractivity contribution in [1.82, 2.24) is 15.5 Å². The van der Waals surface area contributed by atoms with Crippen LogP contribution in [-0.4, -0.2) is 64.8 Å². The summed E-state index contributed by atoms with van der Waals surface area (Å²) in [5.41, 5.74) is -0.930. The number of rotatable bonds is 8. The van der Waals surface area contributed by atoms with E-state index in [1.54, 1.807) is 20.8 Å². The average Bonchev–Trinajstić information content (AvgIpc) is 2.96. The van der Waals surface area contributed by atoms with Crippen LogP contribution in [-0.2, 0) is 14.4 Å². The van der Waals surface area contributed by atoms with Crippen LogP contribution in [0.4, 0.5) is 13.6 Å². The van der Waals surface area contributed by atoms with Crippen LogP contribution >= 0.6 is 0 Å². The van der Waals surface area contributed by atoms with Crippen LogP contribution in [0, 0.1) is 22.7 Å². The van der Waals surface area contributed by atoms with Crippen LogP contribution in [0.5, 0.6) is 0 Å². The molecule has 2 fully saturated rings. The van der Waals surface area contributed by atoms with Gasteiger partial charge in [0.25, 0.3) is 0 Å². The van der Waals surface area contributed by atoms with Crippen molar-refractivity contribution < 1.29 is 33.1 Å². The lowest BCUT2D eigenvalue weighted by atomic mass is 9.85. The molecule has 0 aromatic heterocycles. The van der Waals surface area contributed by atoms with E-state index in [9.17, 15) is 33.1 Å². The summed E-state index contributed by atoms with van der Waals surface area (Å²) >= 11 is 0. The summed E-state index contributed by atoms with van der Waals surface area (Å²) in [4.78, 5) is 50.3. The van der Waals surface area contributed by atoms with E-state index in [2.05, 4.69) is 10.6 Å².